The molecule has 0 unspecified atom stereocenters. The smallest absolute Gasteiger partial charge is 0.278 e. The summed E-state index contributed by atoms with van der Waals surface area (Å²) in [5.41, 5.74) is 7.15. The van der Waals surface area contributed by atoms with Crippen molar-refractivity contribution in [2.24, 2.45) is 0 Å². The number of hydrogen-bond acceptors (Lipinski definition) is 4. The monoisotopic (exact) mass is 276 g/mol. The van der Waals surface area contributed by atoms with Gasteiger partial charge in [0, 0.05) is 23.3 Å². The summed E-state index contributed by atoms with van der Waals surface area (Å²) in [6, 6.07) is 7.62. The van der Waals surface area contributed by atoms with Crippen LogP contribution in [-0.4, -0.2) is 21.9 Å². The number of nitrogens with zero attached hydrogens (tertiary/aromatic N) is 2. The molecule has 19 heavy (non-hydrogen) atoms. The zero-order valence-corrected chi connectivity index (χ0v) is 11.7. The van der Waals surface area contributed by atoms with Gasteiger partial charge in [0.15, 0.2) is 5.69 Å². The van der Waals surface area contributed by atoms with Gasteiger partial charge in [0.2, 0.25) is 0 Å². The minimum atomic E-state index is -0.290. The molecule has 0 aliphatic heterocycles. The Labute approximate surface area is 116 Å². The molecular weight excluding hydrogens is 260 g/mol. The van der Waals surface area contributed by atoms with E-state index < -0.39 is 0 Å². The molecule has 100 valence electrons. The topological polar surface area (TPSA) is 72.9 Å². The minimum Gasteiger partial charge on any atom is -0.396 e. The highest BCUT2D eigenvalue weighted by Gasteiger charge is 2.14. The maximum absolute atomic E-state index is 12.0. The predicted octanol–water partition coefficient (Wildman–Crippen LogP) is 2.46. The number of carbonyl (C=O) groups excluding carboxylic acids is 1. The average Bonchev–Trinajstić information content (AvgIpc) is 2.81. The Hall–Kier alpha value is -1.95. The maximum atomic E-state index is 12.0. The molecule has 1 aromatic carbocycles. The number of aromatic nitrogens is 2. The zero-order valence-electron chi connectivity index (χ0n) is 10.9. The predicted molar refractivity (Wildman–Crippen MR) is 78.5 cm³/mol. The van der Waals surface area contributed by atoms with E-state index in [1.165, 1.54) is 0 Å². The molecule has 0 aliphatic rings. The first-order chi connectivity index (χ1) is 9.13. The van der Waals surface area contributed by atoms with E-state index in [0.29, 0.717) is 12.2 Å². The lowest BCUT2D eigenvalue weighted by Crippen LogP contribution is -2.14. The Bertz CT molecular complexity index is 577. The average molecular weight is 276 g/mol. The summed E-state index contributed by atoms with van der Waals surface area (Å²) in [5.74, 6) is -0.290. The van der Waals surface area contributed by atoms with Gasteiger partial charge in [0.05, 0.1) is 5.69 Å². The van der Waals surface area contributed by atoms with E-state index in [4.69, 9.17) is 5.73 Å². The van der Waals surface area contributed by atoms with Gasteiger partial charge in [-0.1, -0.05) is 0 Å². The van der Waals surface area contributed by atoms with Crippen LogP contribution in [0.3, 0.4) is 0 Å². The van der Waals surface area contributed by atoms with Crippen molar-refractivity contribution in [3.05, 3.63) is 36.2 Å². The first kappa shape index (κ1) is 13.5. The number of rotatable bonds is 4. The molecule has 0 atom stereocenters. The standard InChI is InChI=1S/C13H16N4OS/c1-3-17-8-11(14)12(16-17)13(18)15-9-4-6-10(19-2)7-5-9/h4-8H,3,14H2,1-2H3,(H,15,18). The summed E-state index contributed by atoms with van der Waals surface area (Å²) >= 11 is 1.65. The van der Waals surface area contributed by atoms with Gasteiger partial charge in [-0.15, -0.1) is 11.8 Å². The summed E-state index contributed by atoms with van der Waals surface area (Å²) in [7, 11) is 0. The Morgan fingerprint density at radius 3 is 2.63 bits per heavy atom. The van der Waals surface area contributed by atoms with Crippen molar-refractivity contribution >= 4 is 29.0 Å². The third-order valence-corrected chi connectivity index (χ3v) is 3.42. The molecule has 3 N–H and O–H groups in total. The fourth-order valence-electron chi connectivity index (χ4n) is 1.64. The van der Waals surface area contributed by atoms with Crippen LogP contribution in [0.2, 0.25) is 0 Å². The molecule has 1 amide bonds. The van der Waals surface area contributed by atoms with Crippen LogP contribution in [-0.2, 0) is 6.54 Å². The van der Waals surface area contributed by atoms with Crippen LogP contribution >= 0.6 is 11.8 Å². The van der Waals surface area contributed by atoms with Crippen molar-refractivity contribution < 1.29 is 4.79 Å². The Morgan fingerprint density at radius 2 is 2.11 bits per heavy atom. The van der Waals surface area contributed by atoms with Gasteiger partial charge in [-0.05, 0) is 37.4 Å². The SMILES string of the molecule is CCn1cc(N)c(C(=O)Nc2ccc(SC)cc2)n1. The molecule has 0 bridgehead atoms. The minimum absolute atomic E-state index is 0.260. The molecule has 2 rings (SSSR count). The third kappa shape index (κ3) is 3.08. The van der Waals surface area contributed by atoms with Crippen LogP contribution in [0.15, 0.2) is 35.4 Å². The second kappa shape index (κ2) is 5.79. The molecule has 0 fully saturated rings. The highest BCUT2D eigenvalue weighted by molar-refractivity contribution is 7.98. The van der Waals surface area contributed by atoms with E-state index in [1.54, 1.807) is 22.6 Å². The summed E-state index contributed by atoms with van der Waals surface area (Å²) in [5, 5.41) is 6.92. The van der Waals surface area contributed by atoms with Gasteiger partial charge in [-0.3, -0.25) is 9.48 Å². The molecule has 2 aromatic rings. The number of nitrogen functional groups attached to an aromatic ring is 1. The summed E-state index contributed by atoms with van der Waals surface area (Å²) in [6.07, 6.45) is 3.66. The molecule has 0 spiro atoms. The fraction of sp³-hybridized carbons (Fsp3) is 0.231. The van der Waals surface area contributed by atoms with Gasteiger partial charge in [0.25, 0.3) is 5.91 Å². The molecule has 0 aliphatic carbocycles. The number of anilines is 2. The molecule has 1 aromatic heterocycles. The number of benzene rings is 1. The number of nitrogens with one attached hydrogen (secondary N) is 1. The Balaban J connectivity index is 2.13. The lowest BCUT2D eigenvalue weighted by Gasteiger charge is -2.04. The van der Waals surface area contributed by atoms with Crippen LogP contribution in [0.5, 0.6) is 0 Å². The number of hydrogen-bond donors (Lipinski definition) is 2. The molecule has 6 heteroatoms. The van der Waals surface area contributed by atoms with Crippen LogP contribution in [0.25, 0.3) is 0 Å². The van der Waals surface area contributed by atoms with Crippen molar-refractivity contribution in [2.45, 2.75) is 18.4 Å². The van der Waals surface area contributed by atoms with Crippen molar-refractivity contribution in [1.29, 1.82) is 0 Å². The quantitative estimate of drug-likeness (QED) is 0.841. The van der Waals surface area contributed by atoms with Crippen LogP contribution in [0.1, 0.15) is 17.4 Å². The maximum Gasteiger partial charge on any atom is 0.278 e. The van der Waals surface area contributed by atoms with Crippen molar-refractivity contribution in [3.63, 3.8) is 0 Å². The van der Waals surface area contributed by atoms with Crippen molar-refractivity contribution in [2.75, 3.05) is 17.3 Å². The second-order valence-corrected chi connectivity index (χ2v) is 4.85. The highest BCUT2D eigenvalue weighted by atomic mass is 32.2. The number of carbonyl (C=O) groups is 1. The number of nitrogens with two attached hydrogens (primary N) is 1. The second-order valence-electron chi connectivity index (χ2n) is 3.97. The molecule has 1 heterocycles. The lowest BCUT2D eigenvalue weighted by atomic mass is 10.3. The van der Waals surface area contributed by atoms with E-state index >= 15 is 0 Å². The van der Waals surface area contributed by atoms with E-state index in [-0.39, 0.29) is 11.6 Å². The summed E-state index contributed by atoms with van der Waals surface area (Å²) < 4.78 is 1.64. The van der Waals surface area contributed by atoms with E-state index in [1.807, 2.05) is 37.4 Å². The van der Waals surface area contributed by atoms with Crippen LogP contribution < -0.4 is 11.1 Å². The van der Waals surface area contributed by atoms with Crippen LogP contribution in [0, 0.1) is 0 Å². The van der Waals surface area contributed by atoms with E-state index in [2.05, 4.69) is 10.4 Å². The van der Waals surface area contributed by atoms with Gasteiger partial charge >= 0.3 is 0 Å². The third-order valence-electron chi connectivity index (χ3n) is 2.68. The Kier molecular flexibility index (Phi) is 4.11. The van der Waals surface area contributed by atoms with Gasteiger partial charge in [-0.2, -0.15) is 5.10 Å². The van der Waals surface area contributed by atoms with Gasteiger partial charge < -0.3 is 11.1 Å². The van der Waals surface area contributed by atoms with Gasteiger partial charge in [0.1, 0.15) is 0 Å². The van der Waals surface area contributed by atoms with Crippen molar-refractivity contribution in [1.82, 2.24) is 9.78 Å². The highest BCUT2D eigenvalue weighted by Crippen LogP contribution is 2.18. The molecule has 0 saturated heterocycles. The molecule has 5 nitrogen and oxygen atoms in total. The first-order valence-corrected chi connectivity index (χ1v) is 7.15. The first-order valence-electron chi connectivity index (χ1n) is 5.92. The number of amides is 1. The summed E-state index contributed by atoms with van der Waals surface area (Å²) in [6.45, 7) is 2.62. The summed E-state index contributed by atoms with van der Waals surface area (Å²) in [4.78, 5) is 13.2. The normalized spacial score (nSPS) is 10.4. The number of thioether (sulfide) groups is 1. The van der Waals surface area contributed by atoms with E-state index in [0.717, 1.165) is 10.6 Å². The van der Waals surface area contributed by atoms with Crippen LogP contribution in [0.4, 0.5) is 11.4 Å². The Morgan fingerprint density at radius 1 is 1.42 bits per heavy atom. The fourth-order valence-corrected chi connectivity index (χ4v) is 2.05. The molecule has 0 saturated carbocycles. The lowest BCUT2D eigenvalue weighted by molar-refractivity contribution is 0.102. The number of aryl methyl sites for hydroxylation is 1. The van der Waals surface area contributed by atoms with Crippen molar-refractivity contribution in [3.8, 4) is 0 Å². The molecular formula is C13H16N4OS. The largest absolute Gasteiger partial charge is 0.396 e. The zero-order chi connectivity index (χ0) is 13.8. The van der Waals surface area contributed by atoms with Gasteiger partial charge in [-0.25, -0.2) is 0 Å². The van der Waals surface area contributed by atoms with E-state index in [9.17, 15) is 4.79 Å². The molecule has 0 radical (unpaired) electrons.